The molecule has 5 heteroatoms. The van der Waals surface area contributed by atoms with Crippen molar-refractivity contribution in [1.82, 2.24) is 19.9 Å². The van der Waals surface area contributed by atoms with Gasteiger partial charge in [0.05, 0.1) is 0 Å². The fraction of sp³-hybridized carbons (Fsp3) is 0.0741. The Bertz CT molecular complexity index is 2660. The highest BCUT2D eigenvalue weighted by Crippen LogP contribution is 2.43. The third-order valence-electron chi connectivity index (χ3n) is 10.7. The Kier molecular flexibility index (Phi) is 11.5. The molecule has 0 bridgehead atoms. The molecule has 0 radical (unpaired) electrons. The van der Waals surface area contributed by atoms with Crippen molar-refractivity contribution in [1.29, 1.82) is 0 Å². The summed E-state index contributed by atoms with van der Waals surface area (Å²) in [6.07, 6.45) is 35.7. The zero-order valence-corrected chi connectivity index (χ0v) is 33.3. The van der Waals surface area contributed by atoms with E-state index in [1.165, 1.54) is 27.8 Å². The highest BCUT2D eigenvalue weighted by atomic mass is 32.2. The quantitative estimate of drug-likeness (QED) is 0.151. The molecule has 2 aliphatic carbocycles. The van der Waals surface area contributed by atoms with Crippen LogP contribution in [0.4, 0.5) is 0 Å². The van der Waals surface area contributed by atoms with Crippen LogP contribution in [0.2, 0.25) is 0 Å². The largest absolute Gasteiger partial charge is 0.264 e. The summed E-state index contributed by atoms with van der Waals surface area (Å²) in [5, 5.41) is 2.45. The van der Waals surface area contributed by atoms with Crippen LogP contribution < -0.4 is 0 Å². The Morgan fingerprint density at radius 3 is 2.07 bits per heavy atom. The topological polar surface area (TPSA) is 51.6 Å². The molecule has 0 N–H and O–H groups in total. The normalized spacial score (nSPS) is 20.7. The summed E-state index contributed by atoms with van der Waals surface area (Å²) in [6, 6.07) is 41.9. The predicted octanol–water partition coefficient (Wildman–Crippen LogP) is 13.3. The molecule has 0 spiro atoms. The number of fused-ring (bicyclic) bond motifs is 5. The molecule has 6 aromatic rings. The fourth-order valence-electron chi connectivity index (χ4n) is 7.66. The average Bonchev–Trinajstić information content (AvgIpc) is 3.32. The van der Waals surface area contributed by atoms with Crippen LogP contribution in [0.25, 0.3) is 51.6 Å². The molecule has 3 atom stereocenters. The summed E-state index contributed by atoms with van der Waals surface area (Å²) < 4.78 is 0. The van der Waals surface area contributed by atoms with Gasteiger partial charge in [-0.25, -0.2) is 15.0 Å². The molecule has 284 valence electrons. The minimum atomic E-state index is 0.185. The van der Waals surface area contributed by atoms with Gasteiger partial charge in [0.1, 0.15) is 0 Å². The van der Waals surface area contributed by atoms with Crippen LogP contribution in [0.3, 0.4) is 0 Å². The van der Waals surface area contributed by atoms with Crippen molar-refractivity contribution in [3.63, 3.8) is 0 Å². The number of thioether (sulfide) groups is 1. The van der Waals surface area contributed by atoms with Crippen molar-refractivity contribution < 1.29 is 0 Å². The third kappa shape index (κ3) is 8.96. The lowest BCUT2D eigenvalue weighted by Gasteiger charge is -2.29. The van der Waals surface area contributed by atoms with Crippen molar-refractivity contribution in [3.8, 4) is 33.9 Å². The first-order valence-electron chi connectivity index (χ1n) is 20.0. The first-order valence-corrected chi connectivity index (χ1v) is 21.0. The van der Waals surface area contributed by atoms with Gasteiger partial charge in [-0.3, -0.25) is 4.98 Å². The minimum absolute atomic E-state index is 0.185. The second kappa shape index (κ2) is 18.1. The molecule has 4 nitrogen and oxygen atoms in total. The molecule has 0 saturated heterocycles. The molecule has 4 aromatic carbocycles. The standard InChI is InChI=1S/C54H42N4S/c1-3-20-43(21-4-1)52-56-53(44-22-5-2-6-23-44)58-54(57-52)45-30-28-41(29-31-45)46-32-33-50-49-27-12-11-26-48(49)47-25-10-9-19-42(47)24-13-17-39(34-36-59-51(50)37-46)15-7-8-16-40-18-14-35-55-38-40/h1-28,30-38,41,50-51H,29H2/b15-7+,16-8-,24-13+,36-34+,39-17-. The lowest BCUT2D eigenvalue weighted by Crippen LogP contribution is -2.18. The predicted molar refractivity (Wildman–Crippen MR) is 248 cm³/mol. The average molecular weight is 779 g/mol. The van der Waals surface area contributed by atoms with Crippen LogP contribution >= 0.6 is 11.8 Å². The first-order chi connectivity index (χ1) is 29.2. The number of hydrogen-bond donors (Lipinski definition) is 0. The molecule has 0 saturated carbocycles. The number of allylic oxidation sites excluding steroid dienone is 14. The maximum absolute atomic E-state index is 4.98. The zero-order chi connectivity index (χ0) is 39.6. The van der Waals surface area contributed by atoms with Crippen LogP contribution in [-0.2, 0) is 0 Å². The molecule has 0 fully saturated rings. The molecule has 59 heavy (non-hydrogen) atoms. The smallest absolute Gasteiger partial charge is 0.164 e. The second-order valence-corrected chi connectivity index (χ2v) is 15.6. The van der Waals surface area contributed by atoms with E-state index in [4.69, 9.17) is 15.0 Å². The van der Waals surface area contributed by atoms with Gasteiger partial charge in [-0.2, -0.15) is 0 Å². The SMILES string of the molecule is C1=CC(C2=CC3S/C=C/C(/C=C/C=C\c4cccnc4)=C\C=C\c4ccccc4-c4ccccc4C3C=C2)CC=C1c1nc(-c2ccccc2)nc(-c2ccccc2)n1. The van der Waals surface area contributed by atoms with Crippen molar-refractivity contribution in [2.45, 2.75) is 17.6 Å². The van der Waals surface area contributed by atoms with Gasteiger partial charge in [-0.15, -0.1) is 11.8 Å². The molecule has 2 aromatic heterocycles. The van der Waals surface area contributed by atoms with E-state index in [1.54, 1.807) is 6.20 Å². The van der Waals surface area contributed by atoms with E-state index >= 15 is 0 Å². The lowest BCUT2D eigenvalue weighted by atomic mass is 9.80. The highest BCUT2D eigenvalue weighted by Gasteiger charge is 2.28. The van der Waals surface area contributed by atoms with Crippen LogP contribution in [0.15, 0.2) is 223 Å². The molecule has 3 heterocycles. The Morgan fingerprint density at radius 1 is 0.610 bits per heavy atom. The summed E-state index contributed by atoms with van der Waals surface area (Å²) in [5.41, 5.74) is 11.5. The molecule has 1 aliphatic heterocycles. The van der Waals surface area contributed by atoms with Gasteiger partial charge >= 0.3 is 0 Å². The number of aromatic nitrogens is 4. The van der Waals surface area contributed by atoms with Gasteiger partial charge in [0, 0.05) is 46.2 Å². The highest BCUT2D eigenvalue weighted by molar-refractivity contribution is 8.02. The third-order valence-corrected chi connectivity index (χ3v) is 11.7. The second-order valence-electron chi connectivity index (χ2n) is 14.6. The van der Waals surface area contributed by atoms with E-state index < -0.39 is 0 Å². The molecule has 3 unspecified atom stereocenters. The molecular formula is C54H42N4S. The Hall–Kier alpha value is -6.95. The van der Waals surface area contributed by atoms with Crippen LogP contribution in [0.5, 0.6) is 0 Å². The summed E-state index contributed by atoms with van der Waals surface area (Å²) in [6.45, 7) is 0. The minimum Gasteiger partial charge on any atom is -0.264 e. The monoisotopic (exact) mass is 778 g/mol. The zero-order valence-electron chi connectivity index (χ0n) is 32.5. The van der Waals surface area contributed by atoms with Crippen LogP contribution in [0, 0.1) is 5.92 Å². The lowest BCUT2D eigenvalue weighted by molar-refractivity contribution is 0.757. The van der Waals surface area contributed by atoms with Crippen molar-refractivity contribution >= 4 is 29.5 Å². The summed E-state index contributed by atoms with van der Waals surface area (Å²) in [4.78, 5) is 19.1. The van der Waals surface area contributed by atoms with Crippen LogP contribution in [-0.4, -0.2) is 25.2 Å². The van der Waals surface area contributed by atoms with Gasteiger partial charge in [-0.05, 0) is 62.9 Å². The van der Waals surface area contributed by atoms with Gasteiger partial charge in [0.25, 0.3) is 0 Å². The summed E-state index contributed by atoms with van der Waals surface area (Å²) in [7, 11) is 0. The Labute approximate surface area is 351 Å². The van der Waals surface area contributed by atoms with Gasteiger partial charge < -0.3 is 0 Å². The fourth-order valence-corrected chi connectivity index (χ4v) is 8.72. The number of rotatable bonds is 7. The van der Waals surface area contributed by atoms with E-state index in [2.05, 4.69) is 150 Å². The molecular weight excluding hydrogens is 737 g/mol. The van der Waals surface area contributed by atoms with Gasteiger partial charge in [-0.1, -0.05) is 194 Å². The first kappa shape index (κ1) is 37.6. The maximum atomic E-state index is 4.98. The van der Waals surface area contributed by atoms with Crippen molar-refractivity contribution in [2.24, 2.45) is 5.92 Å². The van der Waals surface area contributed by atoms with Crippen LogP contribution in [0.1, 0.15) is 34.9 Å². The Balaban J connectivity index is 1.02. The van der Waals surface area contributed by atoms with Crippen molar-refractivity contribution in [3.05, 3.63) is 246 Å². The number of hydrogen-bond acceptors (Lipinski definition) is 5. The Morgan fingerprint density at radius 2 is 1.32 bits per heavy atom. The van der Waals surface area contributed by atoms with Crippen molar-refractivity contribution in [2.75, 3.05) is 0 Å². The maximum Gasteiger partial charge on any atom is 0.164 e. The van der Waals surface area contributed by atoms with Gasteiger partial charge in [0.2, 0.25) is 0 Å². The van der Waals surface area contributed by atoms with E-state index in [1.807, 2.05) is 84.7 Å². The van der Waals surface area contributed by atoms with E-state index in [0.29, 0.717) is 17.5 Å². The number of pyridine rings is 1. The van der Waals surface area contributed by atoms with Gasteiger partial charge in [0.15, 0.2) is 17.5 Å². The van der Waals surface area contributed by atoms with E-state index in [-0.39, 0.29) is 17.1 Å². The molecule has 0 amide bonds. The molecule has 9 rings (SSSR count). The summed E-state index contributed by atoms with van der Waals surface area (Å²) >= 11 is 1.88. The summed E-state index contributed by atoms with van der Waals surface area (Å²) in [5.74, 6) is 2.45. The van der Waals surface area contributed by atoms with E-state index in [9.17, 15) is 0 Å². The number of benzene rings is 4. The number of nitrogens with zero attached hydrogens (tertiary/aromatic N) is 4. The molecule has 3 aliphatic rings. The van der Waals surface area contributed by atoms with E-state index in [0.717, 1.165) is 34.3 Å².